The number of nitrogens with zero attached hydrogens (tertiary/aromatic N) is 3. The second kappa shape index (κ2) is 7.95. The van der Waals surface area contributed by atoms with E-state index < -0.39 is 0 Å². The second-order valence-corrected chi connectivity index (χ2v) is 8.57. The van der Waals surface area contributed by atoms with Gasteiger partial charge in [-0.25, -0.2) is 0 Å². The molecule has 1 aliphatic heterocycles. The number of phenolic OH excluding ortho intramolecular Hbond substituents is 1. The third-order valence-electron chi connectivity index (χ3n) is 5.97. The first kappa shape index (κ1) is 19.0. The number of amides is 1. The molecule has 2 aromatic rings. The summed E-state index contributed by atoms with van der Waals surface area (Å²) in [5, 5.41) is 16.7. The van der Waals surface area contributed by atoms with Crippen LogP contribution in [0.5, 0.6) is 5.75 Å². The van der Waals surface area contributed by atoms with Gasteiger partial charge in [0.15, 0.2) is 0 Å². The summed E-state index contributed by atoms with van der Waals surface area (Å²) < 4.78 is 0. The van der Waals surface area contributed by atoms with Crippen LogP contribution in [0.2, 0.25) is 0 Å². The Morgan fingerprint density at radius 3 is 2.68 bits per heavy atom. The number of aromatic amines is 1. The highest BCUT2D eigenvalue weighted by atomic mass is 16.3. The molecule has 1 saturated carbocycles. The minimum atomic E-state index is 0.0245. The summed E-state index contributed by atoms with van der Waals surface area (Å²) in [6.07, 6.45) is 3.73. The molecule has 1 unspecified atom stereocenters. The van der Waals surface area contributed by atoms with Crippen LogP contribution in [0.25, 0.3) is 11.3 Å². The normalized spacial score (nSPS) is 21.1. The summed E-state index contributed by atoms with van der Waals surface area (Å²) in [6.45, 7) is 8.34. The molecular weight excluding hydrogens is 352 g/mol. The SMILES string of the molecule is CC(C)C1CN(C(=O)c2cc(-c3ccc(O)cc3)n[nH]2)CCCN1CC1CC1. The van der Waals surface area contributed by atoms with Crippen LogP contribution in [0, 0.1) is 11.8 Å². The van der Waals surface area contributed by atoms with Crippen molar-refractivity contribution in [2.45, 2.75) is 39.2 Å². The zero-order valence-electron chi connectivity index (χ0n) is 16.8. The Balaban J connectivity index is 1.48. The van der Waals surface area contributed by atoms with Crippen LogP contribution < -0.4 is 0 Å². The number of carbonyl (C=O) groups excluding carboxylic acids is 1. The maximum absolute atomic E-state index is 13.2. The molecule has 2 heterocycles. The maximum atomic E-state index is 13.2. The lowest BCUT2D eigenvalue weighted by atomic mass is 10.0. The van der Waals surface area contributed by atoms with Gasteiger partial charge in [0.1, 0.15) is 11.4 Å². The molecule has 6 heteroatoms. The van der Waals surface area contributed by atoms with Crippen molar-refractivity contribution in [1.82, 2.24) is 20.0 Å². The van der Waals surface area contributed by atoms with E-state index in [1.807, 2.05) is 11.0 Å². The average Bonchev–Trinajstić information content (AvgIpc) is 3.41. The van der Waals surface area contributed by atoms with Crippen molar-refractivity contribution in [3.63, 3.8) is 0 Å². The van der Waals surface area contributed by atoms with Crippen LogP contribution in [0.1, 0.15) is 43.6 Å². The van der Waals surface area contributed by atoms with E-state index in [2.05, 4.69) is 28.9 Å². The first-order chi connectivity index (χ1) is 13.5. The minimum absolute atomic E-state index is 0.0245. The number of phenols is 1. The highest BCUT2D eigenvalue weighted by Gasteiger charge is 2.33. The number of carbonyl (C=O) groups is 1. The third-order valence-corrected chi connectivity index (χ3v) is 5.97. The Bertz CT molecular complexity index is 810. The molecule has 2 N–H and O–H groups in total. The number of nitrogens with one attached hydrogen (secondary N) is 1. The summed E-state index contributed by atoms with van der Waals surface area (Å²) in [4.78, 5) is 17.8. The number of H-pyrrole nitrogens is 1. The topological polar surface area (TPSA) is 72.5 Å². The predicted octanol–water partition coefficient (Wildman–Crippen LogP) is 3.36. The standard InChI is InChI=1S/C22H30N4O2/c1-15(2)21-14-26(11-3-10-25(21)13-16-4-5-16)22(28)20-12-19(23-24-20)17-6-8-18(27)9-7-17/h6-9,12,15-16,21,27H,3-5,10-11,13-14H2,1-2H3,(H,23,24). The van der Waals surface area contributed by atoms with Crippen LogP contribution in [-0.2, 0) is 0 Å². The van der Waals surface area contributed by atoms with E-state index in [9.17, 15) is 9.90 Å². The quantitative estimate of drug-likeness (QED) is 0.832. The van der Waals surface area contributed by atoms with Gasteiger partial charge in [-0.2, -0.15) is 5.10 Å². The van der Waals surface area contributed by atoms with E-state index in [0.29, 0.717) is 23.3 Å². The molecule has 1 aliphatic carbocycles. The number of rotatable bonds is 5. The van der Waals surface area contributed by atoms with Gasteiger partial charge in [0.25, 0.3) is 5.91 Å². The van der Waals surface area contributed by atoms with Gasteiger partial charge in [0.2, 0.25) is 0 Å². The van der Waals surface area contributed by atoms with Crippen LogP contribution in [0.15, 0.2) is 30.3 Å². The van der Waals surface area contributed by atoms with E-state index in [-0.39, 0.29) is 11.7 Å². The van der Waals surface area contributed by atoms with Crippen molar-refractivity contribution < 1.29 is 9.90 Å². The van der Waals surface area contributed by atoms with Crippen molar-refractivity contribution >= 4 is 5.91 Å². The molecule has 0 bridgehead atoms. The molecule has 1 aromatic heterocycles. The van der Waals surface area contributed by atoms with Crippen LogP contribution in [0.3, 0.4) is 0 Å². The van der Waals surface area contributed by atoms with Gasteiger partial charge < -0.3 is 10.0 Å². The van der Waals surface area contributed by atoms with Crippen molar-refractivity contribution in [3.8, 4) is 17.0 Å². The fourth-order valence-electron chi connectivity index (χ4n) is 4.12. The van der Waals surface area contributed by atoms with Gasteiger partial charge in [-0.15, -0.1) is 0 Å². The van der Waals surface area contributed by atoms with Crippen molar-refractivity contribution in [2.24, 2.45) is 11.8 Å². The van der Waals surface area contributed by atoms with Crippen molar-refractivity contribution in [2.75, 3.05) is 26.2 Å². The first-order valence-corrected chi connectivity index (χ1v) is 10.4. The molecule has 1 saturated heterocycles. The van der Waals surface area contributed by atoms with E-state index >= 15 is 0 Å². The molecule has 4 rings (SSSR count). The van der Waals surface area contributed by atoms with Crippen LogP contribution in [-0.4, -0.2) is 63.2 Å². The molecular formula is C22H30N4O2. The van der Waals surface area contributed by atoms with Crippen molar-refractivity contribution in [1.29, 1.82) is 0 Å². The van der Waals surface area contributed by atoms with Crippen LogP contribution >= 0.6 is 0 Å². The van der Waals surface area contributed by atoms with E-state index in [0.717, 1.165) is 37.5 Å². The monoisotopic (exact) mass is 382 g/mol. The highest BCUT2D eigenvalue weighted by molar-refractivity contribution is 5.93. The molecule has 0 radical (unpaired) electrons. The number of benzene rings is 1. The van der Waals surface area contributed by atoms with Crippen LogP contribution in [0.4, 0.5) is 0 Å². The zero-order valence-corrected chi connectivity index (χ0v) is 16.8. The van der Waals surface area contributed by atoms with Gasteiger partial charge in [-0.1, -0.05) is 13.8 Å². The number of hydrogen-bond donors (Lipinski definition) is 2. The van der Waals surface area contributed by atoms with E-state index in [4.69, 9.17) is 0 Å². The summed E-state index contributed by atoms with van der Waals surface area (Å²) >= 11 is 0. The Morgan fingerprint density at radius 2 is 2.00 bits per heavy atom. The fourth-order valence-corrected chi connectivity index (χ4v) is 4.12. The molecule has 28 heavy (non-hydrogen) atoms. The molecule has 1 amide bonds. The Morgan fingerprint density at radius 1 is 1.25 bits per heavy atom. The fraction of sp³-hybridized carbons (Fsp3) is 0.545. The second-order valence-electron chi connectivity index (χ2n) is 8.57. The number of hydrogen-bond acceptors (Lipinski definition) is 4. The molecule has 1 atom stereocenters. The third kappa shape index (κ3) is 4.22. The van der Waals surface area contributed by atoms with Gasteiger partial charge in [0.05, 0.1) is 5.69 Å². The lowest BCUT2D eigenvalue weighted by Gasteiger charge is -2.34. The smallest absolute Gasteiger partial charge is 0.271 e. The molecule has 2 aliphatic rings. The summed E-state index contributed by atoms with van der Waals surface area (Å²) in [5.41, 5.74) is 2.12. The van der Waals surface area contributed by atoms with E-state index in [1.165, 1.54) is 19.4 Å². The Labute approximate surface area is 166 Å². The maximum Gasteiger partial charge on any atom is 0.271 e. The lowest BCUT2D eigenvalue weighted by molar-refractivity contribution is 0.0698. The van der Waals surface area contributed by atoms with Gasteiger partial charge in [-0.3, -0.25) is 14.8 Å². The van der Waals surface area contributed by atoms with Gasteiger partial charge >= 0.3 is 0 Å². The molecule has 1 aromatic carbocycles. The summed E-state index contributed by atoms with van der Waals surface area (Å²) in [5.74, 6) is 1.62. The molecule has 6 nitrogen and oxygen atoms in total. The summed E-state index contributed by atoms with van der Waals surface area (Å²) in [7, 11) is 0. The molecule has 150 valence electrons. The average molecular weight is 383 g/mol. The van der Waals surface area contributed by atoms with E-state index in [1.54, 1.807) is 24.3 Å². The molecule has 0 spiro atoms. The van der Waals surface area contributed by atoms with Gasteiger partial charge in [0, 0.05) is 37.8 Å². The highest BCUT2D eigenvalue weighted by Crippen LogP contribution is 2.32. The minimum Gasteiger partial charge on any atom is -0.508 e. The zero-order chi connectivity index (χ0) is 19.7. The number of aromatic nitrogens is 2. The largest absolute Gasteiger partial charge is 0.508 e. The Kier molecular flexibility index (Phi) is 5.40. The first-order valence-electron chi connectivity index (χ1n) is 10.4. The lowest BCUT2D eigenvalue weighted by Crippen LogP contribution is -2.46. The van der Waals surface area contributed by atoms with Gasteiger partial charge in [-0.05, 0) is 61.4 Å². The summed E-state index contributed by atoms with van der Waals surface area (Å²) in [6, 6.07) is 9.08. The number of aromatic hydroxyl groups is 1. The molecule has 2 fully saturated rings. The predicted molar refractivity (Wildman–Crippen MR) is 109 cm³/mol. The Hall–Kier alpha value is -2.34. The van der Waals surface area contributed by atoms with Crippen molar-refractivity contribution in [3.05, 3.63) is 36.0 Å².